The third kappa shape index (κ3) is 7.13. The number of halogens is 2. The number of hydrogen-bond acceptors (Lipinski definition) is 0. The van der Waals surface area contributed by atoms with E-state index in [-0.39, 0.29) is 16.0 Å². The first-order valence-corrected chi connectivity index (χ1v) is 15.4. The van der Waals surface area contributed by atoms with E-state index < -0.39 is 8.07 Å². The normalized spacial score (nSPS) is 9.62. The summed E-state index contributed by atoms with van der Waals surface area (Å²) >= 11 is 6.44. The highest BCUT2D eigenvalue weighted by atomic mass is 79.9. The third-order valence-corrected chi connectivity index (χ3v) is 3.65. The summed E-state index contributed by atoms with van der Waals surface area (Å²) in [4.78, 5) is 0. The molecule has 0 atom stereocenters. The van der Waals surface area contributed by atoms with Crippen LogP contribution in [0.4, 0.5) is 0 Å². The second-order valence-electron chi connectivity index (χ2n) is 3.64. The fourth-order valence-electron chi connectivity index (χ4n) is 0.887. The van der Waals surface area contributed by atoms with Crippen LogP contribution in [-0.2, 0) is 0 Å². The first-order chi connectivity index (χ1) is 6.02. The van der Waals surface area contributed by atoms with Crippen LogP contribution >= 0.6 is 25.8 Å². The molecule has 4 heteroatoms. The predicted octanol–water partition coefficient (Wildman–Crippen LogP) is 3.34. The first-order valence-electron chi connectivity index (χ1n) is 4.11. The molecule has 0 amide bonds. The lowest BCUT2D eigenvalue weighted by molar-refractivity contribution is 1.67. The Morgan fingerprint density at radius 1 is 1.15 bits per heavy atom. The van der Waals surface area contributed by atoms with Crippen LogP contribution in [0.15, 0.2) is 24.3 Å². The maximum Gasteiger partial charge on any atom is 0.560 e. The van der Waals surface area contributed by atoms with Gasteiger partial charge in [-0.05, 0) is 6.07 Å². The Morgan fingerprint density at radius 3 is 1.77 bits per heavy atom. The van der Waals surface area contributed by atoms with Crippen LogP contribution in [0, 0.1) is 6.07 Å². The lowest BCUT2D eigenvalue weighted by atomic mass is 10.4. The van der Waals surface area contributed by atoms with Crippen molar-refractivity contribution < 1.29 is 0 Å². The van der Waals surface area contributed by atoms with Crippen molar-refractivity contribution in [2.75, 3.05) is 0 Å². The molecule has 1 rings (SSSR count). The Hall–Kier alpha value is 1.16. The molecule has 0 saturated heterocycles. The zero-order chi connectivity index (χ0) is 10.3. The predicted molar refractivity (Wildman–Crippen MR) is 71.9 cm³/mol. The average molecular weight is 333 g/mol. The summed E-state index contributed by atoms with van der Waals surface area (Å²) in [5.41, 5.74) is 0. The third-order valence-electron chi connectivity index (χ3n) is 1.58. The zero-order valence-electron chi connectivity index (χ0n) is 8.27. The van der Waals surface area contributed by atoms with E-state index in [1.807, 2.05) is 12.1 Å². The van der Waals surface area contributed by atoms with E-state index in [0.717, 1.165) is 0 Å². The van der Waals surface area contributed by atoms with Crippen LogP contribution in [0.1, 0.15) is 0 Å². The van der Waals surface area contributed by atoms with Gasteiger partial charge in [0.25, 0.3) is 0 Å². The standard InChI is InChI=1S/C9H13Si.2BrH.Mg/c1-10(2,3)9-7-5-4-6-8-9;;;/h5-8H,1-3H3;2*1H;/q;;;+2/p-2. The molecule has 0 spiro atoms. The molecule has 69 valence electrons. The molecule has 1 aromatic carbocycles. The van der Waals surface area contributed by atoms with Crippen molar-refractivity contribution >= 4 is 55.0 Å². The Kier molecular flexibility index (Phi) is 8.12. The highest BCUT2D eigenvalue weighted by Crippen LogP contribution is 2.00. The first kappa shape index (κ1) is 14.2. The van der Waals surface area contributed by atoms with E-state index in [1.54, 1.807) is 0 Å². The van der Waals surface area contributed by atoms with E-state index >= 15 is 0 Å². The molecule has 1 aromatic rings. The lowest BCUT2D eigenvalue weighted by Crippen LogP contribution is -2.37. The van der Waals surface area contributed by atoms with Gasteiger partial charge < -0.3 is 0 Å². The van der Waals surface area contributed by atoms with Crippen molar-refractivity contribution in [1.29, 1.82) is 0 Å². The Balaban J connectivity index is 0.000000424. The molecule has 0 aliphatic heterocycles. The van der Waals surface area contributed by atoms with Crippen molar-refractivity contribution in [1.82, 2.24) is 0 Å². The van der Waals surface area contributed by atoms with Gasteiger partial charge in [-0.2, -0.15) is 0 Å². The summed E-state index contributed by atoms with van der Waals surface area (Å²) in [5.74, 6) is 0. The Morgan fingerprint density at radius 2 is 1.54 bits per heavy atom. The molecule has 0 nitrogen and oxygen atoms in total. The Bertz CT molecular complexity index is 221. The summed E-state index contributed by atoms with van der Waals surface area (Å²) in [6.07, 6.45) is 0. The molecule has 0 aliphatic carbocycles. The van der Waals surface area contributed by atoms with Gasteiger partial charge in [-0.15, -0.1) is 0 Å². The summed E-state index contributed by atoms with van der Waals surface area (Å²) in [5, 5.41) is 1.51. The van der Waals surface area contributed by atoms with E-state index in [2.05, 4.69) is 63.6 Å². The van der Waals surface area contributed by atoms with E-state index in [0.29, 0.717) is 0 Å². The molecular weight excluding hydrogens is 320 g/mol. The van der Waals surface area contributed by atoms with Gasteiger partial charge in [-0.1, -0.05) is 49.1 Å². The monoisotopic (exact) mass is 331 g/mol. The maximum atomic E-state index is 3.20. The molecule has 0 heterocycles. The van der Waals surface area contributed by atoms with Gasteiger partial charge in [0.1, 0.15) is 0 Å². The molecule has 1 radical (unpaired) electrons. The largest absolute Gasteiger partial charge is 0.560 e. The minimum Gasteiger partial charge on any atom is -0.280 e. The fourth-order valence-corrected chi connectivity index (χ4v) is 2.05. The van der Waals surface area contributed by atoms with Gasteiger partial charge >= 0.3 is 16.0 Å². The quantitative estimate of drug-likeness (QED) is 0.692. The van der Waals surface area contributed by atoms with Crippen molar-refractivity contribution in [3.63, 3.8) is 0 Å². The summed E-state index contributed by atoms with van der Waals surface area (Å²) in [6, 6.07) is 11.4. The van der Waals surface area contributed by atoms with Gasteiger partial charge in [0.2, 0.25) is 0 Å². The van der Waals surface area contributed by atoms with Crippen LogP contribution in [0.2, 0.25) is 19.6 Å². The van der Waals surface area contributed by atoms with Crippen LogP contribution in [0.5, 0.6) is 0 Å². The number of benzene rings is 1. The smallest absolute Gasteiger partial charge is 0.280 e. The molecule has 13 heavy (non-hydrogen) atoms. The van der Waals surface area contributed by atoms with Gasteiger partial charge in [0.05, 0.1) is 8.07 Å². The molecule has 0 unspecified atom stereocenters. The molecule has 0 saturated carbocycles. The molecule has 0 N–H and O–H groups in total. The minimum atomic E-state index is -1.05. The van der Waals surface area contributed by atoms with Gasteiger partial charge in [0.15, 0.2) is 0 Å². The summed E-state index contributed by atoms with van der Waals surface area (Å²) < 4.78 is 0. The fraction of sp³-hybridized carbons (Fsp3) is 0.333. The van der Waals surface area contributed by atoms with Crippen molar-refractivity contribution in [2.45, 2.75) is 19.6 Å². The topological polar surface area (TPSA) is 0 Å². The van der Waals surface area contributed by atoms with Gasteiger partial charge in [-0.3, -0.25) is 25.8 Å². The van der Waals surface area contributed by atoms with Crippen molar-refractivity contribution in [3.8, 4) is 0 Å². The van der Waals surface area contributed by atoms with E-state index in [9.17, 15) is 0 Å². The highest BCUT2D eigenvalue weighted by molar-refractivity contribution is 9.47. The van der Waals surface area contributed by atoms with Crippen LogP contribution in [-0.4, -0.2) is 24.1 Å². The van der Waals surface area contributed by atoms with Crippen molar-refractivity contribution in [3.05, 3.63) is 30.3 Å². The van der Waals surface area contributed by atoms with Gasteiger partial charge in [-0.25, -0.2) is 0 Å². The second kappa shape index (κ2) is 7.45. The molecule has 0 fully saturated rings. The SMILES string of the molecule is C[Si](C)(C)c1cc[c]cc1.[Br][Mg][Br]. The van der Waals surface area contributed by atoms with E-state index in [1.165, 1.54) is 5.19 Å². The number of rotatable bonds is 1. The summed E-state index contributed by atoms with van der Waals surface area (Å²) in [6.45, 7) is 7.05. The van der Waals surface area contributed by atoms with E-state index in [4.69, 9.17) is 0 Å². The lowest BCUT2D eigenvalue weighted by Gasteiger charge is -2.15. The van der Waals surface area contributed by atoms with Crippen molar-refractivity contribution in [2.24, 2.45) is 0 Å². The molecule has 0 aliphatic rings. The zero-order valence-corrected chi connectivity index (χ0v) is 13.9. The van der Waals surface area contributed by atoms with Crippen LogP contribution in [0.25, 0.3) is 0 Å². The van der Waals surface area contributed by atoms with Crippen LogP contribution < -0.4 is 5.19 Å². The highest BCUT2D eigenvalue weighted by Gasteiger charge is 2.14. The minimum absolute atomic E-state index is 0.0417. The Labute approximate surface area is 104 Å². The number of hydrogen-bond donors (Lipinski definition) is 0. The molecule has 0 aromatic heterocycles. The molecular formula is C9H13Br2MgSi. The van der Waals surface area contributed by atoms with Crippen LogP contribution in [0.3, 0.4) is 0 Å². The molecule has 0 bridgehead atoms. The van der Waals surface area contributed by atoms with Gasteiger partial charge in [0, 0.05) is 0 Å². The summed E-state index contributed by atoms with van der Waals surface area (Å²) in [7, 11) is -1.05. The maximum absolute atomic E-state index is 3.20. The second-order valence-corrected chi connectivity index (χ2v) is 16.8. The average Bonchev–Trinajstić information content (AvgIpc) is 2.06.